The SMILES string of the molecule is CN(C)Cc1nc2ccccc2n1CC(=O)N1CCOCC1. The molecule has 118 valence electrons. The van der Waals surface area contributed by atoms with Crippen LogP contribution in [0.5, 0.6) is 0 Å². The van der Waals surface area contributed by atoms with Gasteiger partial charge >= 0.3 is 0 Å². The lowest BCUT2D eigenvalue weighted by molar-refractivity contribution is -0.135. The van der Waals surface area contributed by atoms with Crippen LogP contribution in [0.4, 0.5) is 0 Å². The molecule has 3 rings (SSSR count). The minimum absolute atomic E-state index is 0.131. The highest BCUT2D eigenvalue weighted by Gasteiger charge is 2.20. The van der Waals surface area contributed by atoms with E-state index in [-0.39, 0.29) is 5.91 Å². The van der Waals surface area contributed by atoms with Gasteiger partial charge < -0.3 is 19.1 Å². The average Bonchev–Trinajstić information content (AvgIpc) is 2.85. The van der Waals surface area contributed by atoms with Crippen molar-refractivity contribution < 1.29 is 9.53 Å². The highest BCUT2D eigenvalue weighted by Crippen LogP contribution is 2.17. The van der Waals surface area contributed by atoms with Crippen molar-refractivity contribution in [3.63, 3.8) is 0 Å². The van der Waals surface area contributed by atoms with Gasteiger partial charge in [-0.1, -0.05) is 12.1 Å². The van der Waals surface area contributed by atoms with Crippen LogP contribution in [0.15, 0.2) is 24.3 Å². The molecule has 6 nitrogen and oxygen atoms in total. The number of carbonyl (C=O) groups excluding carboxylic acids is 1. The molecule has 0 spiro atoms. The first-order chi connectivity index (χ1) is 10.6. The van der Waals surface area contributed by atoms with Gasteiger partial charge in [0.1, 0.15) is 12.4 Å². The number of morpholine rings is 1. The zero-order valence-electron chi connectivity index (χ0n) is 13.2. The van der Waals surface area contributed by atoms with Crippen LogP contribution in [-0.2, 0) is 22.6 Å². The van der Waals surface area contributed by atoms with E-state index in [4.69, 9.17) is 4.74 Å². The summed E-state index contributed by atoms with van der Waals surface area (Å²) in [6.45, 7) is 3.65. The smallest absolute Gasteiger partial charge is 0.242 e. The lowest BCUT2D eigenvalue weighted by Crippen LogP contribution is -2.42. The largest absolute Gasteiger partial charge is 0.378 e. The third-order valence-corrected chi connectivity index (χ3v) is 3.85. The number of nitrogens with zero attached hydrogens (tertiary/aromatic N) is 4. The molecule has 22 heavy (non-hydrogen) atoms. The van der Waals surface area contributed by atoms with E-state index in [9.17, 15) is 4.79 Å². The highest BCUT2D eigenvalue weighted by atomic mass is 16.5. The molecule has 1 aliphatic rings. The lowest BCUT2D eigenvalue weighted by atomic mass is 10.3. The summed E-state index contributed by atoms with van der Waals surface area (Å²) in [4.78, 5) is 21.2. The Morgan fingerprint density at radius 1 is 1.27 bits per heavy atom. The Hall–Kier alpha value is -1.92. The third kappa shape index (κ3) is 3.13. The molecule has 6 heteroatoms. The predicted molar refractivity (Wildman–Crippen MR) is 84.5 cm³/mol. The Kier molecular flexibility index (Phi) is 4.40. The molecule has 2 heterocycles. The van der Waals surface area contributed by atoms with E-state index in [1.165, 1.54) is 0 Å². The number of imidazole rings is 1. The Morgan fingerprint density at radius 3 is 2.73 bits per heavy atom. The monoisotopic (exact) mass is 302 g/mol. The van der Waals surface area contributed by atoms with Crippen molar-refractivity contribution in [2.45, 2.75) is 13.1 Å². The number of para-hydroxylation sites is 2. The summed E-state index contributed by atoms with van der Waals surface area (Å²) < 4.78 is 7.35. The van der Waals surface area contributed by atoms with Crippen molar-refractivity contribution in [1.82, 2.24) is 19.4 Å². The summed E-state index contributed by atoms with van der Waals surface area (Å²) in [6.07, 6.45) is 0. The van der Waals surface area contributed by atoms with Gasteiger partial charge in [-0.15, -0.1) is 0 Å². The van der Waals surface area contributed by atoms with Crippen LogP contribution < -0.4 is 0 Å². The predicted octanol–water partition coefficient (Wildman–Crippen LogP) is 0.957. The van der Waals surface area contributed by atoms with Gasteiger partial charge in [0.15, 0.2) is 0 Å². The van der Waals surface area contributed by atoms with Crippen molar-refractivity contribution in [1.29, 1.82) is 0 Å². The second-order valence-electron chi connectivity index (χ2n) is 5.83. The average molecular weight is 302 g/mol. The fraction of sp³-hybridized carbons (Fsp3) is 0.500. The topological polar surface area (TPSA) is 50.6 Å². The summed E-state index contributed by atoms with van der Waals surface area (Å²) in [6, 6.07) is 7.97. The Bertz CT molecular complexity index is 659. The number of hydrogen-bond donors (Lipinski definition) is 0. The number of fused-ring (bicyclic) bond motifs is 1. The molecule has 0 saturated carbocycles. The first-order valence-electron chi connectivity index (χ1n) is 7.59. The highest BCUT2D eigenvalue weighted by molar-refractivity contribution is 5.81. The molecule has 1 amide bonds. The number of aromatic nitrogens is 2. The van der Waals surface area contributed by atoms with Crippen LogP contribution in [0.3, 0.4) is 0 Å². The molecule has 2 aromatic rings. The van der Waals surface area contributed by atoms with E-state index < -0.39 is 0 Å². The zero-order chi connectivity index (χ0) is 15.5. The zero-order valence-corrected chi connectivity index (χ0v) is 13.2. The first-order valence-corrected chi connectivity index (χ1v) is 7.59. The summed E-state index contributed by atoms with van der Waals surface area (Å²) in [5.41, 5.74) is 1.95. The van der Waals surface area contributed by atoms with E-state index in [1.54, 1.807) is 0 Å². The minimum Gasteiger partial charge on any atom is -0.378 e. The summed E-state index contributed by atoms with van der Waals surface area (Å²) in [7, 11) is 4.01. The number of carbonyl (C=O) groups is 1. The van der Waals surface area contributed by atoms with E-state index >= 15 is 0 Å². The van der Waals surface area contributed by atoms with E-state index in [0.29, 0.717) is 39.4 Å². The number of hydrogen-bond acceptors (Lipinski definition) is 4. The van der Waals surface area contributed by atoms with E-state index in [1.807, 2.05) is 47.8 Å². The maximum Gasteiger partial charge on any atom is 0.242 e. The number of amides is 1. The molecule has 1 saturated heterocycles. The van der Waals surface area contributed by atoms with Crippen LogP contribution in [-0.4, -0.2) is 65.7 Å². The van der Waals surface area contributed by atoms with Gasteiger partial charge in [0.05, 0.1) is 30.8 Å². The van der Waals surface area contributed by atoms with Gasteiger partial charge in [0, 0.05) is 13.1 Å². The first kappa shape index (κ1) is 15.0. The Morgan fingerprint density at radius 2 is 2.00 bits per heavy atom. The number of benzene rings is 1. The van der Waals surface area contributed by atoms with Crippen LogP contribution in [0, 0.1) is 0 Å². The van der Waals surface area contributed by atoms with Crippen molar-refractivity contribution in [3.8, 4) is 0 Å². The molecular weight excluding hydrogens is 280 g/mol. The van der Waals surface area contributed by atoms with Gasteiger partial charge in [-0.3, -0.25) is 4.79 Å². The summed E-state index contributed by atoms with van der Waals surface area (Å²) in [5, 5.41) is 0. The van der Waals surface area contributed by atoms with E-state index in [2.05, 4.69) is 9.88 Å². The summed E-state index contributed by atoms with van der Waals surface area (Å²) >= 11 is 0. The standard InChI is InChI=1S/C16H22N4O2/c1-18(2)11-15-17-13-5-3-4-6-14(13)20(15)12-16(21)19-7-9-22-10-8-19/h3-6H,7-12H2,1-2H3. The van der Waals surface area contributed by atoms with Crippen molar-refractivity contribution >= 4 is 16.9 Å². The van der Waals surface area contributed by atoms with Gasteiger partial charge in [0.25, 0.3) is 0 Å². The van der Waals surface area contributed by atoms with Gasteiger partial charge in [0.2, 0.25) is 5.91 Å². The van der Waals surface area contributed by atoms with Crippen LogP contribution in [0.2, 0.25) is 0 Å². The van der Waals surface area contributed by atoms with Gasteiger partial charge in [-0.25, -0.2) is 4.98 Å². The van der Waals surface area contributed by atoms with E-state index in [0.717, 1.165) is 16.9 Å². The Balaban J connectivity index is 1.88. The molecule has 0 atom stereocenters. The molecule has 0 aliphatic carbocycles. The lowest BCUT2D eigenvalue weighted by Gasteiger charge is -2.27. The molecule has 0 bridgehead atoms. The molecule has 1 fully saturated rings. The molecule has 1 aliphatic heterocycles. The molecule has 0 N–H and O–H groups in total. The third-order valence-electron chi connectivity index (χ3n) is 3.85. The van der Waals surface area contributed by atoms with Crippen LogP contribution in [0.25, 0.3) is 11.0 Å². The molecular formula is C16H22N4O2. The molecule has 0 radical (unpaired) electrons. The van der Waals surface area contributed by atoms with Crippen molar-refractivity contribution in [3.05, 3.63) is 30.1 Å². The van der Waals surface area contributed by atoms with Crippen LogP contribution >= 0.6 is 0 Å². The fourth-order valence-corrected chi connectivity index (χ4v) is 2.75. The van der Waals surface area contributed by atoms with Gasteiger partial charge in [-0.05, 0) is 26.2 Å². The summed E-state index contributed by atoms with van der Waals surface area (Å²) in [5.74, 6) is 1.05. The normalized spacial score (nSPS) is 15.7. The minimum atomic E-state index is 0.131. The number of ether oxygens (including phenoxy) is 1. The van der Waals surface area contributed by atoms with Gasteiger partial charge in [-0.2, -0.15) is 0 Å². The van der Waals surface area contributed by atoms with Crippen molar-refractivity contribution in [2.24, 2.45) is 0 Å². The fourth-order valence-electron chi connectivity index (χ4n) is 2.75. The Labute approximate surface area is 130 Å². The van der Waals surface area contributed by atoms with Crippen molar-refractivity contribution in [2.75, 3.05) is 40.4 Å². The molecule has 1 aromatic carbocycles. The maximum atomic E-state index is 12.6. The quantitative estimate of drug-likeness (QED) is 0.844. The second kappa shape index (κ2) is 6.46. The maximum absolute atomic E-state index is 12.6. The number of rotatable bonds is 4. The molecule has 0 unspecified atom stereocenters. The molecule has 1 aromatic heterocycles. The van der Waals surface area contributed by atoms with Crippen LogP contribution in [0.1, 0.15) is 5.82 Å². The second-order valence-corrected chi connectivity index (χ2v) is 5.83.